The second kappa shape index (κ2) is 5.77. The molecule has 0 amide bonds. The van der Waals surface area contributed by atoms with Crippen molar-refractivity contribution in [1.82, 2.24) is 4.57 Å². The number of halogens is 1. The van der Waals surface area contributed by atoms with Gasteiger partial charge in [0, 0.05) is 23.3 Å². The van der Waals surface area contributed by atoms with E-state index in [4.69, 9.17) is 16.9 Å². The van der Waals surface area contributed by atoms with E-state index >= 15 is 0 Å². The van der Waals surface area contributed by atoms with Crippen LogP contribution in [0.15, 0.2) is 36.4 Å². The lowest BCUT2D eigenvalue weighted by atomic mass is 10.1. The molecular weight excluding hydrogens is 272 g/mol. The molecule has 0 aliphatic rings. The summed E-state index contributed by atoms with van der Waals surface area (Å²) in [5, 5.41) is 9.50. The Bertz CT molecular complexity index is 735. The summed E-state index contributed by atoms with van der Waals surface area (Å²) in [6.07, 6.45) is 3.22. The molecular formula is C16H13ClN2O. The quantitative estimate of drug-likeness (QED) is 0.636. The monoisotopic (exact) mass is 284 g/mol. The Morgan fingerprint density at radius 1 is 1.40 bits per heavy atom. The third-order valence-electron chi connectivity index (χ3n) is 3.21. The standard InChI is InChI=1S/C16H13ClN2O/c1-11-12(9-15(10-18)19(11)2)6-7-16(20)13-4-3-5-14(17)8-13/h3-9H,1-2H3/b7-6+. The molecule has 4 heteroatoms. The Balaban J connectivity index is 2.26. The number of nitrogens with zero attached hydrogens (tertiary/aromatic N) is 2. The molecule has 0 spiro atoms. The van der Waals surface area contributed by atoms with Crippen LogP contribution in [-0.2, 0) is 7.05 Å². The minimum absolute atomic E-state index is 0.116. The van der Waals surface area contributed by atoms with Crippen molar-refractivity contribution < 1.29 is 4.79 Å². The van der Waals surface area contributed by atoms with E-state index in [2.05, 4.69) is 6.07 Å². The number of carbonyl (C=O) groups excluding carboxylic acids is 1. The lowest BCUT2D eigenvalue weighted by Crippen LogP contribution is -1.95. The van der Waals surface area contributed by atoms with Gasteiger partial charge in [0.1, 0.15) is 11.8 Å². The Morgan fingerprint density at radius 3 is 2.75 bits per heavy atom. The van der Waals surface area contributed by atoms with Crippen LogP contribution in [0.2, 0.25) is 5.02 Å². The van der Waals surface area contributed by atoms with Gasteiger partial charge in [0.05, 0.1) is 0 Å². The number of nitriles is 1. The summed E-state index contributed by atoms with van der Waals surface area (Å²) in [7, 11) is 1.82. The number of ketones is 1. The predicted octanol–water partition coefficient (Wildman–Crippen LogP) is 3.75. The Hall–Kier alpha value is -2.31. The summed E-state index contributed by atoms with van der Waals surface area (Å²) in [5.74, 6) is -0.116. The smallest absolute Gasteiger partial charge is 0.185 e. The first kappa shape index (κ1) is 14.1. The highest BCUT2D eigenvalue weighted by Gasteiger charge is 2.07. The summed E-state index contributed by atoms with van der Waals surface area (Å²) in [6, 6.07) is 10.7. The molecule has 0 saturated heterocycles. The first-order valence-corrected chi connectivity index (χ1v) is 6.45. The van der Waals surface area contributed by atoms with E-state index in [1.54, 1.807) is 41.0 Å². The highest BCUT2D eigenvalue weighted by Crippen LogP contribution is 2.16. The maximum absolute atomic E-state index is 12.0. The number of benzene rings is 1. The first-order chi connectivity index (χ1) is 9.52. The van der Waals surface area contributed by atoms with Crippen molar-refractivity contribution in [2.24, 2.45) is 7.05 Å². The van der Waals surface area contributed by atoms with Crippen LogP contribution in [0.1, 0.15) is 27.3 Å². The maximum atomic E-state index is 12.0. The van der Waals surface area contributed by atoms with Crippen LogP contribution in [0.4, 0.5) is 0 Å². The third-order valence-corrected chi connectivity index (χ3v) is 3.45. The topological polar surface area (TPSA) is 45.8 Å². The van der Waals surface area contributed by atoms with Crippen molar-refractivity contribution in [2.45, 2.75) is 6.92 Å². The lowest BCUT2D eigenvalue weighted by molar-refractivity contribution is 0.104. The van der Waals surface area contributed by atoms with Gasteiger partial charge in [-0.1, -0.05) is 23.7 Å². The summed E-state index contributed by atoms with van der Waals surface area (Å²) < 4.78 is 1.80. The van der Waals surface area contributed by atoms with Gasteiger partial charge in [-0.2, -0.15) is 5.26 Å². The van der Waals surface area contributed by atoms with Gasteiger partial charge < -0.3 is 4.57 Å². The molecule has 1 aromatic heterocycles. The summed E-state index contributed by atoms with van der Waals surface area (Å²) in [5.41, 5.74) is 2.91. The molecule has 100 valence electrons. The van der Waals surface area contributed by atoms with Crippen molar-refractivity contribution in [3.63, 3.8) is 0 Å². The third kappa shape index (κ3) is 2.81. The van der Waals surface area contributed by atoms with Crippen molar-refractivity contribution >= 4 is 23.5 Å². The van der Waals surface area contributed by atoms with Crippen LogP contribution >= 0.6 is 11.6 Å². The molecule has 0 atom stereocenters. The van der Waals surface area contributed by atoms with E-state index in [9.17, 15) is 4.79 Å². The van der Waals surface area contributed by atoms with Crippen LogP contribution in [-0.4, -0.2) is 10.4 Å². The molecule has 2 rings (SSSR count). The molecule has 0 saturated carbocycles. The minimum atomic E-state index is -0.116. The van der Waals surface area contributed by atoms with Crippen molar-refractivity contribution in [3.05, 3.63) is 63.9 Å². The van der Waals surface area contributed by atoms with E-state index < -0.39 is 0 Å². The van der Waals surface area contributed by atoms with Gasteiger partial charge in [-0.15, -0.1) is 0 Å². The molecule has 1 aromatic carbocycles. The van der Waals surface area contributed by atoms with Gasteiger partial charge in [-0.05, 0) is 42.8 Å². The van der Waals surface area contributed by atoms with Gasteiger partial charge >= 0.3 is 0 Å². The molecule has 0 radical (unpaired) electrons. The van der Waals surface area contributed by atoms with Crippen LogP contribution in [0.25, 0.3) is 6.08 Å². The van der Waals surface area contributed by atoms with Crippen LogP contribution in [0.5, 0.6) is 0 Å². The SMILES string of the molecule is Cc1c(/C=C/C(=O)c2cccc(Cl)c2)cc(C#N)n1C. The van der Waals surface area contributed by atoms with Gasteiger partial charge in [0.25, 0.3) is 0 Å². The number of carbonyl (C=O) groups is 1. The molecule has 0 unspecified atom stereocenters. The minimum Gasteiger partial charge on any atom is -0.339 e. The average molecular weight is 285 g/mol. The van der Waals surface area contributed by atoms with Crippen molar-refractivity contribution in [2.75, 3.05) is 0 Å². The number of hydrogen-bond donors (Lipinski definition) is 0. The first-order valence-electron chi connectivity index (χ1n) is 6.07. The zero-order chi connectivity index (χ0) is 14.7. The Kier molecular flexibility index (Phi) is 4.07. The predicted molar refractivity (Wildman–Crippen MR) is 79.7 cm³/mol. The molecule has 1 heterocycles. The number of hydrogen-bond acceptors (Lipinski definition) is 2. The molecule has 0 aliphatic heterocycles. The summed E-state index contributed by atoms with van der Waals surface area (Å²) >= 11 is 5.86. The fourth-order valence-corrected chi connectivity index (χ4v) is 2.09. The van der Waals surface area contributed by atoms with Crippen LogP contribution in [0, 0.1) is 18.3 Å². The van der Waals surface area contributed by atoms with E-state index in [0.29, 0.717) is 16.3 Å². The van der Waals surface area contributed by atoms with E-state index in [1.807, 2.05) is 14.0 Å². The average Bonchev–Trinajstić information content (AvgIpc) is 2.72. The zero-order valence-electron chi connectivity index (χ0n) is 11.2. The van der Waals surface area contributed by atoms with Gasteiger partial charge in [-0.25, -0.2) is 0 Å². The van der Waals surface area contributed by atoms with Crippen LogP contribution in [0.3, 0.4) is 0 Å². The second-order valence-corrected chi connectivity index (χ2v) is 4.89. The molecule has 0 fully saturated rings. The number of aromatic nitrogens is 1. The zero-order valence-corrected chi connectivity index (χ0v) is 12.0. The van der Waals surface area contributed by atoms with Crippen molar-refractivity contribution in [1.29, 1.82) is 5.26 Å². The molecule has 0 bridgehead atoms. The molecule has 0 aliphatic carbocycles. The highest BCUT2D eigenvalue weighted by molar-refractivity contribution is 6.31. The molecule has 20 heavy (non-hydrogen) atoms. The van der Waals surface area contributed by atoms with E-state index in [-0.39, 0.29) is 5.78 Å². The number of rotatable bonds is 3. The van der Waals surface area contributed by atoms with Gasteiger partial charge in [-0.3, -0.25) is 4.79 Å². The molecule has 3 nitrogen and oxygen atoms in total. The van der Waals surface area contributed by atoms with Gasteiger partial charge in [0.15, 0.2) is 5.78 Å². The Morgan fingerprint density at radius 2 is 2.15 bits per heavy atom. The maximum Gasteiger partial charge on any atom is 0.185 e. The lowest BCUT2D eigenvalue weighted by Gasteiger charge is -1.98. The highest BCUT2D eigenvalue weighted by atomic mass is 35.5. The Labute approximate surface area is 122 Å². The number of allylic oxidation sites excluding steroid dienone is 1. The fourth-order valence-electron chi connectivity index (χ4n) is 1.90. The largest absolute Gasteiger partial charge is 0.339 e. The van der Waals surface area contributed by atoms with Crippen LogP contribution < -0.4 is 0 Å². The molecule has 2 aromatic rings. The fraction of sp³-hybridized carbons (Fsp3) is 0.125. The van der Waals surface area contributed by atoms with Crippen molar-refractivity contribution in [3.8, 4) is 6.07 Å². The normalized spacial score (nSPS) is 10.7. The second-order valence-electron chi connectivity index (χ2n) is 4.45. The molecule has 0 N–H and O–H groups in total. The summed E-state index contributed by atoms with van der Waals surface area (Å²) in [6.45, 7) is 1.91. The van der Waals surface area contributed by atoms with Gasteiger partial charge in [0.2, 0.25) is 0 Å². The summed E-state index contributed by atoms with van der Waals surface area (Å²) in [4.78, 5) is 12.0. The van der Waals surface area contributed by atoms with E-state index in [1.165, 1.54) is 6.08 Å². The van der Waals surface area contributed by atoms with E-state index in [0.717, 1.165) is 11.3 Å².